The van der Waals surface area contributed by atoms with Gasteiger partial charge >= 0.3 is 12.0 Å². The van der Waals surface area contributed by atoms with E-state index in [1.54, 1.807) is 4.68 Å². The predicted octanol–water partition coefficient (Wildman–Crippen LogP) is -0.248. The lowest BCUT2D eigenvalue weighted by Gasteiger charge is -2.14. The minimum Gasteiger partial charge on any atom is -0.481 e. The first-order chi connectivity index (χ1) is 9.51. The summed E-state index contributed by atoms with van der Waals surface area (Å²) in [4.78, 5) is 22.0. The predicted molar refractivity (Wildman–Crippen MR) is 71.4 cm³/mol. The Bertz CT molecular complexity index is 446. The Morgan fingerprint density at radius 3 is 2.80 bits per heavy atom. The SMILES string of the molecule is COC(CNC(=O)NCCc1ccn(C)n1)CC(=O)O. The van der Waals surface area contributed by atoms with Crippen molar-refractivity contribution in [3.8, 4) is 0 Å². The van der Waals surface area contributed by atoms with Crippen molar-refractivity contribution in [2.45, 2.75) is 18.9 Å². The highest BCUT2D eigenvalue weighted by atomic mass is 16.5. The van der Waals surface area contributed by atoms with Crippen molar-refractivity contribution in [2.75, 3.05) is 20.2 Å². The normalized spacial score (nSPS) is 11.9. The summed E-state index contributed by atoms with van der Waals surface area (Å²) in [5, 5.41) is 18.1. The summed E-state index contributed by atoms with van der Waals surface area (Å²) in [5.74, 6) is -0.964. The number of methoxy groups -OCH3 is 1. The fraction of sp³-hybridized carbons (Fsp3) is 0.583. The fourth-order valence-corrected chi connectivity index (χ4v) is 1.60. The molecule has 0 aliphatic rings. The highest BCUT2D eigenvalue weighted by Crippen LogP contribution is 1.96. The van der Waals surface area contributed by atoms with E-state index < -0.39 is 12.1 Å². The fourth-order valence-electron chi connectivity index (χ4n) is 1.60. The molecular formula is C12H20N4O4. The summed E-state index contributed by atoms with van der Waals surface area (Å²) in [5.41, 5.74) is 0.897. The Hall–Kier alpha value is -2.09. The van der Waals surface area contributed by atoms with Crippen LogP contribution in [0.3, 0.4) is 0 Å². The average Bonchev–Trinajstić information content (AvgIpc) is 2.80. The van der Waals surface area contributed by atoms with E-state index in [1.807, 2.05) is 19.3 Å². The maximum absolute atomic E-state index is 11.5. The molecule has 8 nitrogen and oxygen atoms in total. The van der Waals surface area contributed by atoms with Crippen molar-refractivity contribution >= 4 is 12.0 Å². The number of carbonyl (C=O) groups excluding carboxylic acids is 1. The second-order valence-electron chi connectivity index (χ2n) is 4.32. The molecule has 1 heterocycles. The number of hydrogen-bond acceptors (Lipinski definition) is 4. The number of nitrogens with zero attached hydrogens (tertiary/aromatic N) is 2. The highest BCUT2D eigenvalue weighted by Gasteiger charge is 2.13. The van der Waals surface area contributed by atoms with Gasteiger partial charge < -0.3 is 20.5 Å². The van der Waals surface area contributed by atoms with Gasteiger partial charge in [-0.15, -0.1) is 0 Å². The lowest BCUT2D eigenvalue weighted by molar-refractivity contribution is -0.139. The van der Waals surface area contributed by atoms with Crippen molar-refractivity contribution < 1.29 is 19.4 Å². The van der Waals surface area contributed by atoms with Crippen LogP contribution in [0.1, 0.15) is 12.1 Å². The molecule has 0 aromatic carbocycles. The van der Waals surface area contributed by atoms with Gasteiger partial charge in [0.25, 0.3) is 0 Å². The van der Waals surface area contributed by atoms with Crippen LogP contribution in [0.25, 0.3) is 0 Å². The van der Waals surface area contributed by atoms with E-state index >= 15 is 0 Å². The topological polar surface area (TPSA) is 105 Å². The Balaban J connectivity index is 2.18. The Labute approximate surface area is 117 Å². The van der Waals surface area contributed by atoms with Gasteiger partial charge in [-0.05, 0) is 6.07 Å². The van der Waals surface area contributed by atoms with E-state index in [4.69, 9.17) is 9.84 Å². The molecule has 2 amide bonds. The number of ether oxygens (including phenoxy) is 1. The molecule has 0 saturated heterocycles. The van der Waals surface area contributed by atoms with Crippen molar-refractivity contribution in [3.05, 3.63) is 18.0 Å². The minimum absolute atomic E-state index is 0.148. The molecule has 8 heteroatoms. The molecule has 0 radical (unpaired) electrons. The van der Waals surface area contributed by atoms with Crippen LogP contribution in [0, 0.1) is 0 Å². The van der Waals surface area contributed by atoms with Crippen molar-refractivity contribution in [1.82, 2.24) is 20.4 Å². The number of amides is 2. The molecule has 20 heavy (non-hydrogen) atoms. The highest BCUT2D eigenvalue weighted by molar-refractivity contribution is 5.74. The van der Waals surface area contributed by atoms with Crippen LogP contribution >= 0.6 is 0 Å². The molecule has 1 unspecified atom stereocenters. The van der Waals surface area contributed by atoms with Crippen LogP contribution in [0.5, 0.6) is 0 Å². The molecule has 0 saturated carbocycles. The summed E-state index contributed by atoms with van der Waals surface area (Å²) < 4.78 is 6.65. The first-order valence-corrected chi connectivity index (χ1v) is 6.26. The zero-order valence-electron chi connectivity index (χ0n) is 11.6. The molecule has 1 aromatic rings. The molecule has 0 aliphatic heterocycles. The number of urea groups is 1. The van der Waals surface area contributed by atoms with Gasteiger partial charge in [0.2, 0.25) is 0 Å². The van der Waals surface area contributed by atoms with E-state index in [1.165, 1.54) is 7.11 Å². The number of carboxylic acids is 1. The lowest BCUT2D eigenvalue weighted by Crippen LogP contribution is -2.41. The molecule has 0 fully saturated rings. The summed E-state index contributed by atoms with van der Waals surface area (Å²) in [6.07, 6.45) is 1.79. The Kier molecular flexibility index (Phi) is 6.51. The molecule has 1 rings (SSSR count). The first-order valence-electron chi connectivity index (χ1n) is 6.26. The number of carboxylic acid groups (broad SMARTS) is 1. The van der Waals surface area contributed by atoms with E-state index in [0.29, 0.717) is 13.0 Å². The average molecular weight is 284 g/mol. The molecule has 0 bridgehead atoms. The monoisotopic (exact) mass is 284 g/mol. The number of aromatic nitrogens is 2. The molecule has 0 spiro atoms. The van der Waals surface area contributed by atoms with Gasteiger partial charge in [0.05, 0.1) is 18.2 Å². The van der Waals surface area contributed by atoms with Gasteiger partial charge in [0, 0.05) is 39.9 Å². The van der Waals surface area contributed by atoms with Gasteiger partial charge in [-0.25, -0.2) is 4.79 Å². The van der Waals surface area contributed by atoms with Crippen LogP contribution < -0.4 is 10.6 Å². The van der Waals surface area contributed by atoms with Gasteiger partial charge in [-0.2, -0.15) is 5.10 Å². The van der Waals surface area contributed by atoms with Gasteiger partial charge in [-0.1, -0.05) is 0 Å². The molecule has 0 aliphatic carbocycles. The maximum Gasteiger partial charge on any atom is 0.314 e. The smallest absolute Gasteiger partial charge is 0.314 e. The van der Waals surface area contributed by atoms with Crippen molar-refractivity contribution in [2.24, 2.45) is 7.05 Å². The Morgan fingerprint density at radius 2 is 2.25 bits per heavy atom. The van der Waals surface area contributed by atoms with Gasteiger partial charge in [0.15, 0.2) is 0 Å². The number of aliphatic carboxylic acids is 1. The summed E-state index contributed by atoms with van der Waals surface area (Å²) in [7, 11) is 3.24. The molecule has 112 valence electrons. The zero-order chi connectivity index (χ0) is 15.0. The summed E-state index contributed by atoms with van der Waals surface area (Å²) in [6.45, 7) is 0.609. The van der Waals surface area contributed by atoms with Crippen LogP contribution in [0.2, 0.25) is 0 Å². The van der Waals surface area contributed by atoms with Crippen LogP contribution in [0.15, 0.2) is 12.3 Å². The van der Waals surface area contributed by atoms with E-state index in [9.17, 15) is 9.59 Å². The number of nitrogens with one attached hydrogen (secondary N) is 2. The largest absolute Gasteiger partial charge is 0.481 e. The Morgan fingerprint density at radius 1 is 1.50 bits per heavy atom. The van der Waals surface area contributed by atoms with Crippen LogP contribution in [-0.2, 0) is 23.0 Å². The molecule has 1 atom stereocenters. The van der Waals surface area contributed by atoms with E-state index in [0.717, 1.165) is 5.69 Å². The first kappa shape index (κ1) is 16.0. The second-order valence-corrected chi connectivity index (χ2v) is 4.32. The molecule has 1 aromatic heterocycles. The number of hydrogen-bond donors (Lipinski definition) is 3. The lowest BCUT2D eigenvalue weighted by atomic mass is 10.2. The van der Waals surface area contributed by atoms with Crippen molar-refractivity contribution in [1.29, 1.82) is 0 Å². The quantitative estimate of drug-likeness (QED) is 0.610. The number of aryl methyl sites for hydroxylation is 1. The standard InChI is InChI=1S/C12H20N4O4/c1-16-6-4-9(15-16)3-5-13-12(19)14-8-10(20-2)7-11(17)18/h4,6,10H,3,5,7-8H2,1-2H3,(H,17,18)(H2,13,14,19). The minimum atomic E-state index is -0.964. The number of carbonyl (C=O) groups is 2. The second kappa shape index (κ2) is 8.16. The van der Waals surface area contributed by atoms with Gasteiger partial charge in [-0.3, -0.25) is 9.48 Å². The van der Waals surface area contributed by atoms with Gasteiger partial charge in [0.1, 0.15) is 0 Å². The summed E-state index contributed by atoms with van der Waals surface area (Å²) in [6, 6.07) is 1.53. The molecule has 3 N–H and O–H groups in total. The van der Waals surface area contributed by atoms with Crippen molar-refractivity contribution in [3.63, 3.8) is 0 Å². The third-order valence-electron chi connectivity index (χ3n) is 2.66. The zero-order valence-corrected chi connectivity index (χ0v) is 11.6. The summed E-state index contributed by atoms with van der Waals surface area (Å²) >= 11 is 0. The number of rotatable bonds is 8. The maximum atomic E-state index is 11.5. The van der Waals surface area contributed by atoms with Crippen LogP contribution in [0.4, 0.5) is 4.79 Å². The van der Waals surface area contributed by atoms with Crippen LogP contribution in [-0.4, -0.2) is 53.2 Å². The third kappa shape index (κ3) is 6.19. The molecular weight excluding hydrogens is 264 g/mol. The third-order valence-corrected chi connectivity index (χ3v) is 2.66. The van der Waals surface area contributed by atoms with E-state index in [2.05, 4.69) is 15.7 Å². The van der Waals surface area contributed by atoms with E-state index in [-0.39, 0.29) is 19.0 Å².